The van der Waals surface area contributed by atoms with Crippen molar-refractivity contribution in [1.29, 1.82) is 0 Å². The molecule has 2 amide bonds. The molecule has 6 heteroatoms. The summed E-state index contributed by atoms with van der Waals surface area (Å²) in [6, 6.07) is 18.5. The number of amides is 2. The maximum atomic E-state index is 13.3. The molecule has 0 fully saturated rings. The third-order valence-corrected chi connectivity index (χ3v) is 5.68. The van der Waals surface area contributed by atoms with Crippen LogP contribution in [-0.4, -0.2) is 18.9 Å². The zero-order chi connectivity index (χ0) is 20.4. The fourth-order valence-electron chi connectivity index (χ4n) is 3.26. The van der Waals surface area contributed by atoms with E-state index in [0.29, 0.717) is 22.7 Å². The topological polar surface area (TPSA) is 58.6 Å². The second kappa shape index (κ2) is 7.93. The van der Waals surface area contributed by atoms with Crippen LogP contribution in [-0.2, 0) is 16.0 Å². The van der Waals surface area contributed by atoms with Gasteiger partial charge in [0, 0.05) is 16.6 Å². The summed E-state index contributed by atoms with van der Waals surface area (Å²) < 4.78 is 5.26. The Kier molecular flexibility index (Phi) is 5.18. The summed E-state index contributed by atoms with van der Waals surface area (Å²) in [4.78, 5) is 28.6. The summed E-state index contributed by atoms with van der Waals surface area (Å²) in [6.07, 6.45) is 0.892. The van der Waals surface area contributed by atoms with E-state index in [9.17, 15) is 9.59 Å². The Balaban J connectivity index is 1.76. The predicted octanol–water partition coefficient (Wildman–Crippen LogP) is 4.72. The van der Waals surface area contributed by atoms with Gasteiger partial charge in [-0.15, -0.1) is 11.3 Å². The number of nitrogens with one attached hydrogen (secondary N) is 1. The van der Waals surface area contributed by atoms with Crippen molar-refractivity contribution in [3.8, 4) is 5.75 Å². The molecule has 0 spiro atoms. The standard InChI is InChI=1S/C23H20N2O3S/c1-3-15-9-11-17(12-10-15)25-22(26)20(19-8-5-13-29-19)21(23(25)27)24-16-6-4-7-18(14-16)28-2/h4-14,24H,3H2,1-2H3. The number of benzene rings is 2. The lowest BCUT2D eigenvalue weighted by atomic mass is 10.1. The van der Waals surface area contributed by atoms with Crippen LogP contribution in [0.2, 0.25) is 0 Å². The van der Waals surface area contributed by atoms with E-state index in [4.69, 9.17) is 4.74 Å². The van der Waals surface area contributed by atoms with Crippen molar-refractivity contribution in [3.63, 3.8) is 0 Å². The van der Waals surface area contributed by atoms with Gasteiger partial charge in [0.1, 0.15) is 11.4 Å². The first-order valence-electron chi connectivity index (χ1n) is 9.29. The Morgan fingerprint density at radius 2 is 1.79 bits per heavy atom. The molecule has 3 aromatic rings. The van der Waals surface area contributed by atoms with Crippen LogP contribution in [0.25, 0.3) is 5.57 Å². The van der Waals surface area contributed by atoms with Crippen LogP contribution < -0.4 is 15.0 Å². The number of hydrogen-bond acceptors (Lipinski definition) is 5. The minimum Gasteiger partial charge on any atom is -0.497 e. The van der Waals surface area contributed by atoms with Gasteiger partial charge in [-0.05, 0) is 47.7 Å². The number of thiophene rings is 1. The van der Waals surface area contributed by atoms with Crippen molar-refractivity contribution >= 4 is 40.1 Å². The molecule has 0 bridgehead atoms. The molecule has 1 aliphatic rings. The molecule has 0 atom stereocenters. The monoisotopic (exact) mass is 404 g/mol. The first-order valence-corrected chi connectivity index (χ1v) is 10.2. The number of methoxy groups -OCH3 is 1. The molecule has 0 aliphatic carbocycles. The first-order chi connectivity index (χ1) is 14.1. The maximum Gasteiger partial charge on any atom is 0.282 e. The molecule has 1 N–H and O–H groups in total. The largest absolute Gasteiger partial charge is 0.497 e. The van der Waals surface area contributed by atoms with Crippen LogP contribution in [0.5, 0.6) is 5.75 Å². The SMILES string of the molecule is CCc1ccc(N2C(=O)C(Nc3cccc(OC)c3)=C(c3cccs3)C2=O)cc1. The fraction of sp³-hybridized carbons (Fsp3) is 0.130. The van der Waals surface area contributed by atoms with Crippen molar-refractivity contribution in [2.75, 3.05) is 17.3 Å². The molecule has 1 aliphatic heterocycles. The zero-order valence-corrected chi connectivity index (χ0v) is 17.0. The van der Waals surface area contributed by atoms with E-state index in [1.54, 1.807) is 13.2 Å². The highest BCUT2D eigenvalue weighted by Gasteiger charge is 2.40. The molecule has 0 saturated heterocycles. The molecule has 4 rings (SSSR count). The quantitative estimate of drug-likeness (QED) is 0.604. The summed E-state index contributed by atoms with van der Waals surface area (Å²) in [5, 5.41) is 5.04. The second-order valence-electron chi connectivity index (χ2n) is 6.55. The van der Waals surface area contributed by atoms with E-state index in [2.05, 4.69) is 12.2 Å². The van der Waals surface area contributed by atoms with E-state index in [1.807, 2.05) is 60.0 Å². The van der Waals surface area contributed by atoms with Crippen LogP contribution >= 0.6 is 11.3 Å². The van der Waals surface area contributed by atoms with Gasteiger partial charge in [-0.2, -0.15) is 0 Å². The molecule has 5 nitrogen and oxygen atoms in total. The average Bonchev–Trinajstić information content (AvgIpc) is 3.35. The van der Waals surface area contributed by atoms with Crippen LogP contribution in [0.4, 0.5) is 11.4 Å². The summed E-state index contributed by atoms with van der Waals surface area (Å²) >= 11 is 1.43. The van der Waals surface area contributed by atoms with Crippen molar-refractivity contribution < 1.29 is 14.3 Å². The van der Waals surface area contributed by atoms with E-state index in [0.717, 1.165) is 16.9 Å². The van der Waals surface area contributed by atoms with E-state index >= 15 is 0 Å². The van der Waals surface area contributed by atoms with Crippen molar-refractivity contribution in [3.05, 3.63) is 82.2 Å². The fourth-order valence-corrected chi connectivity index (χ4v) is 4.02. The van der Waals surface area contributed by atoms with Crippen molar-refractivity contribution in [1.82, 2.24) is 0 Å². The van der Waals surface area contributed by atoms with Crippen LogP contribution in [0.3, 0.4) is 0 Å². The van der Waals surface area contributed by atoms with Crippen molar-refractivity contribution in [2.24, 2.45) is 0 Å². The number of nitrogens with zero attached hydrogens (tertiary/aromatic N) is 1. The Labute approximate surface area is 173 Å². The Morgan fingerprint density at radius 3 is 2.45 bits per heavy atom. The van der Waals surface area contributed by atoms with Crippen LogP contribution in [0, 0.1) is 0 Å². The van der Waals surface area contributed by atoms with Gasteiger partial charge >= 0.3 is 0 Å². The number of carbonyl (C=O) groups is 2. The van der Waals surface area contributed by atoms with Gasteiger partial charge in [-0.1, -0.05) is 31.2 Å². The highest BCUT2D eigenvalue weighted by Crippen LogP contribution is 2.35. The van der Waals surface area contributed by atoms with Crippen LogP contribution in [0.15, 0.2) is 71.7 Å². The minimum atomic E-state index is -0.370. The normalized spacial score (nSPS) is 13.9. The molecule has 146 valence electrons. The third kappa shape index (κ3) is 3.54. The number of ether oxygens (including phenoxy) is 1. The lowest BCUT2D eigenvalue weighted by Crippen LogP contribution is -2.32. The number of hydrogen-bond donors (Lipinski definition) is 1. The second-order valence-corrected chi connectivity index (χ2v) is 7.50. The summed E-state index contributed by atoms with van der Waals surface area (Å²) in [6.45, 7) is 2.06. The summed E-state index contributed by atoms with van der Waals surface area (Å²) in [7, 11) is 1.58. The zero-order valence-electron chi connectivity index (χ0n) is 16.1. The minimum absolute atomic E-state index is 0.269. The highest BCUT2D eigenvalue weighted by molar-refractivity contribution is 7.11. The number of imide groups is 1. The Hall–Kier alpha value is -3.38. The van der Waals surface area contributed by atoms with E-state index in [-0.39, 0.29) is 17.5 Å². The highest BCUT2D eigenvalue weighted by atomic mass is 32.1. The molecule has 29 heavy (non-hydrogen) atoms. The Morgan fingerprint density at radius 1 is 1.00 bits per heavy atom. The molecular formula is C23H20N2O3S. The van der Waals surface area contributed by atoms with E-state index in [1.165, 1.54) is 16.2 Å². The smallest absolute Gasteiger partial charge is 0.282 e. The first kappa shape index (κ1) is 19.0. The molecule has 1 aromatic heterocycles. The Bertz CT molecular complexity index is 1090. The van der Waals surface area contributed by atoms with Gasteiger partial charge in [0.2, 0.25) is 0 Å². The molecule has 0 saturated carbocycles. The number of aryl methyl sites for hydroxylation is 1. The number of carbonyl (C=O) groups excluding carboxylic acids is 2. The van der Waals surface area contributed by atoms with Gasteiger partial charge in [-0.3, -0.25) is 9.59 Å². The molecular weight excluding hydrogens is 384 g/mol. The van der Waals surface area contributed by atoms with E-state index < -0.39 is 0 Å². The number of anilines is 2. The maximum absolute atomic E-state index is 13.3. The predicted molar refractivity (Wildman–Crippen MR) is 116 cm³/mol. The lowest BCUT2D eigenvalue weighted by Gasteiger charge is -2.16. The molecule has 2 aromatic carbocycles. The summed E-state index contributed by atoms with van der Waals surface area (Å²) in [5.41, 5.74) is 3.04. The van der Waals surface area contributed by atoms with Gasteiger partial charge in [0.15, 0.2) is 0 Å². The summed E-state index contributed by atoms with van der Waals surface area (Å²) in [5.74, 6) is -0.0328. The van der Waals surface area contributed by atoms with Crippen LogP contribution in [0.1, 0.15) is 17.4 Å². The molecule has 0 unspecified atom stereocenters. The van der Waals surface area contributed by atoms with Gasteiger partial charge in [0.25, 0.3) is 11.8 Å². The van der Waals surface area contributed by atoms with Gasteiger partial charge in [-0.25, -0.2) is 4.90 Å². The lowest BCUT2D eigenvalue weighted by molar-refractivity contribution is -0.120. The molecule has 0 radical (unpaired) electrons. The van der Waals surface area contributed by atoms with Gasteiger partial charge in [0.05, 0.1) is 18.4 Å². The van der Waals surface area contributed by atoms with Crippen molar-refractivity contribution in [2.45, 2.75) is 13.3 Å². The molecule has 2 heterocycles. The third-order valence-electron chi connectivity index (χ3n) is 4.79. The van der Waals surface area contributed by atoms with Gasteiger partial charge < -0.3 is 10.1 Å². The average molecular weight is 404 g/mol. The number of rotatable bonds is 6.